The summed E-state index contributed by atoms with van der Waals surface area (Å²) in [5, 5.41) is 0. The highest BCUT2D eigenvalue weighted by molar-refractivity contribution is 5.02. The van der Waals surface area contributed by atoms with Gasteiger partial charge in [0.1, 0.15) is 0 Å². The summed E-state index contributed by atoms with van der Waals surface area (Å²) in [6.45, 7) is 3.94. The van der Waals surface area contributed by atoms with Crippen LogP contribution in [0, 0.1) is 5.92 Å². The maximum absolute atomic E-state index is 5.81. The van der Waals surface area contributed by atoms with E-state index in [4.69, 9.17) is 9.47 Å². The first kappa shape index (κ1) is 11.7. The van der Waals surface area contributed by atoms with Crippen LogP contribution >= 0.6 is 0 Å². The van der Waals surface area contributed by atoms with Gasteiger partial charge in [0.2, 0.25) is 0 Å². The van der Waals surface area contributed by atoms with Crippen LogP contribution in [0.3, 0.4) is 0 Å². The van der Waals surface area contributed by atoms with Crippen molar-refractivity contribution in [2.24, 2.45) is 5.92 Å². The van der Waals surface area contributed by atoms with Crippen LogP contribution in [0.15, 0.2) is 12.2 Å². The van der Waals surface area contributed by atoms with Crippen molar-refractivity contribution < 1.29 is 9.47 Å². The number of ether oxygens (including phenoxy) is 2. The molecule has 0 amide bonds. The van der Waals surface area contributed by atoms with Crippen molar-refractivity contribution in [3.63, 3.8) is 0 Å². The summed E-state index contributed by atoms with van der Waals surface area (Å²) in [5.41, 5.74) is 0. The molecule has 0 radical (unpaired) electrons. The second-order valence-corrected chi connectivity index (χ2v) is 3.89. The normalized spacial score (nSPS) is 25.9. The lowest BCUT2D eigenvalue weighted by molar-refractivity contribution is 0.0387. The SMILES string of the molecule is CCCCOC1C=CCC1CCOC. The van der Waals surface area contributed by atoms with E-state index < -0.39 is 0 Å². The van der Waals surface area contributed by atoms with Crippen LogP contribution in [-0.4, -0.2) is 26.4 Å². The van der Waals surface area contributed by atoms with Crippen LogP contribution < -0.4 is 0 Å². The molecule has 0 saturated heterocycles. The van der Waals surface area contributed by atoms with Crippen LogP contribution in [0.25, 0.3) is 0 Å². The molecule has 2 unspecified atom stereocenters. The van der Waals surface area contributed by atoms with E-state index in [1.165, 1.54) is 12.8 Å². The predicted molar refractivity (Wildman–Crippen MR) is 58.4 cm³/mol. The Bertz CT molecular complexity index is 166. The Morgan fingerprint density at radius 3 is 2.93 bits per heavy atom. The summed E-state index contributed by atoms with van der Waals surface area (Å²) in [6, 6.07) is 0. The van der Waals surface area contributed by atoms with Gasteiger partial charge >= 0.3 is 0 Å². The molecule has 1 aliphatic rings. The maximum Gasteiger partial charge on any atom is 0.0787 e. The van der Waals surface area contributed by atoms with E-state index in [0.717, 1.165) is 26.1 Å². The van der Waals surface area contributed by atoms with Crippen LogP contribution in [0.2, 0.25) is 0 Å². The topological polar surface area (TPSA) is 18.5 Å². The predicted octanol–water partition coefficient (Wildman–Crippen LogP) is 2.78. The fraction of sp³-hybridized carbons (Fsp3) is 0.833. The van der Waals surface area contributed by atoms with E-state index in [0.29, 0.717) is 12.0 Å². The first-order valence-corrected chi connectivity index (χ1v) is 5.65. The summed E-state index contributed by atoms with van der Waals surface area (Å²) in [7, 11) is 1.76. The van der Waals surface area contributed by atoms with Crippen molar-refractivity contribution in [3.05, 3.63) is 12.2 Å². The summed E-state index contributed by atoms with van der Waals surface area (Å²) in [4.78, 5) is 0. The van der Waals surface area contributed by atoms with Gasteiger partial charge in [0.05, 0.1) is 6.10 Å². The largest absolute Gasteiger partial charge is 0.385 e. The molecule has 1 rings (SSSR count). The lowest BCUT2D eigenvalue weighted by Crippen LogP contribution is -2.20. The molecule has 2 nitrogen and oxygen atoms in total. The molecule has 0 spiro atoms. The number of methoxy groups -OCH3 is 1. The Morgan fingerprint density at radius 2 is 2.21 bits per heavy atom. The van der Waals surface area contributed by atoms with E-state index in [1.54, 1.807) is 7.11 Å². The lowest BCUT2D eigenvalue weighted by atomic mass is 10.0. The number of allylic oxidation sites excluding steroid dienone is 1. The summed E-state index contributed by atoms with van der Waals surface area (Å²) in [5.74, 6) is 0.645. The summed E-state index contributed by atoms with van der Waals surface area (Å²) >= 11 is 0. The minimum atomic E-state index is 0.344. The Morgan fingerprint density at radius 1 is 1.36 bits per heavy atom. The first-order valence-electron chi connectivity index (χ1n) is 5.65. The first-order chi connectivity index (χ1) is 6.88. The van der Waals surface area contributed by atoms with Crippen LogP contribution in [0.1, 0.15) is 32.6 Å². The van der Waals surface area contributed by atoms with E-state index in [2.05, 4.69) is 19.1 Å². The molecule has 0 aromatic rings. The zero-order chi connectivity index (χ0) is 10.2. The second-order valence-electron chi connectivity index (χ2n) is 3.89. The standard InChI is InChI=1S/C12H22O2/c1-3-4-9-14-12-7-5-6-11(12)8-10-13-2/h5,7,11-12H,3-4,6,8-10H2,1-2H3. The van der Waals surface area contributed by atoms with Gasteiger partial charge in [-0.2, -0.15) is 0 Å². The van der Waals surface area contributed by atoms with Gasteiger partial charge in [0, 0.05) is 20.3 Å². The minimum Gasteiger partial charge on any atom is -0.385 e. The lowest BCUT2D eigenvalue weighted by Gasteiger charge is -2.19. The monoisotopic (exact) mass is 198 g/mol. The highest BCUT2D eigenvalue weighted by Crippen LogP contribution is 2.25. The third kappa shape index (κ3) is 3.81. The number of unbranched alkanes of at least 4 members (excludes halogenated alkanes) is 1. The van der Waals surface area contributed by atoms with Crippen molar-refractivity contribution in [1.82, 2.24) is 0 Å². The van der Waals surface area contributed by atoms with Crippen molar-refractivity contribution in [1.29, 1.82) is 0 Å². The van der Waals surface area contributed by atoms with Gasteiger partial charge in [-0.3, -0.25) is 0 Å². The van der Waals surface area contributed by atoms with Gasteiger partial charge in [-0.15, -0.1) is 0 Å². The quantitative estimate of drug-likeness (QED) is 0.462. The van der Waals surface area contributed by atoms with Crippen LogP contribution in [0.5, 0.6) is 0 Å². The molecule has 0 aromatic carbocycles. The average molecular weight is 198 g/mol. The highest BCUT2D eigenvalue weighted by Gasteiger charge is 2.22. The van der Waals surface area contributed by atoms with Crippen molar-refractivity contribution in [2.75, 3.05) is 20.3 Å². The third-order valence-corrected chi connectivity index (χ3v) is 2.73. The molecular formula is C12H22O2. The smallest absolute Gasteiger partial charge is 0.0787 e. The zero-order valence-corrected chi connectivity index (χ0v) is 9.37. The molecule has 82 valence electrons. The number of hydrogen-bond acceptors (Lipinski definition) is 2. The van der Waals surface area contributed by atoms with E-state index >= 15 is 0 Å². The fourth-order valence-electron chi connectivity index (χ4n) is 1.79. The zero-order valence-electron chi connectivity index (χ0n) is 9.37. The molecule has 0 heterocycles. The molecule has 0 N–H and O–H groups in total. The van der Waals surface area contributed by atoms with E-state index in [9.17, 15) is 0 Å². The van der Waals surface area contributed by atoms with Gasteiger partial charge in [0.25, 0.3) is 0 Å². The maximum atomic E-state index is 5.81. The third-order valence-electron chi connectivity index (χ3n) is 2.73. The van der Waals surface area contributed by atoms with Gasteiger partial charge in [-0.1, -0.05) is 25.5 Å². The molecule has 0 fully saturated rings. The van der Waals surface area contributed by atoms with Crippen molar-refractivity contribution in [2.45, 2.75) is 38.7 Å². The number of hydrogen-bond donors (Lipinski definition) is 0. The molecule has 0 saturated carbocycles. The average Bonchev–Trinajstić information content (AvgIpc) is 2.63. The van der Waals surface area contributed by atoms with Gasteiger partial charge < -0.3 is 9.47 Å². The Balaban J connectivity index is 2.17. The van der Waals surface area contributed by atoms with E-state index in [-0.39, 0.29) is 0 Å². The number of rotatable bonds is 7. The molecule has 0 bridgehead atoms. The van der Waals surface area contributed by atoms with Gasteiger partial charge in [0.15, 0.2) is 0 Å². The molecule has 14 heavy (non-hydrogen) atoms. The van der Waals surface area contributed by atoms with Crippen LogP contribution in [0.4, 0.5) is 0 Å². The summed E-state index contributed by atoms with van der Waals surface area (Å²) < 4.78 is 10.9. The highest BCUT2D eigenvalue weighted by atomic mass is 16.5. The van der Waals surface area contributed by atoms with Crippen LogP contribution in [-0.2, 0) is 9.47 Å². The van der Waals surface area contributed by atoms with Crippen molar-refractivity contribution >= 4 is 0 Å². The Hall–Kier alpha value is -0.340. The molecule has 0 aliphatic heterocycles. The molecule has 0 aromatic heterocycles. The van der Waals surface area contributed by atoms with Gasteiger partial charge in [-0.05, 0) is 25.2 Å². The second kappa shape index (κ2) is 7.02. The van der Waals surface area contributed by atoms with Crippen molar-refractivity contribution in [3.8, 4) is 0 Å². The Labute approximate surface area is 87.3 Å². The molecule has 1 aliphatic carbocycles. The molecular weight excluding hydrogens is 176 g/mol. The Kier molecular flexibility index (Phi) is 5.88. The summed E-state index contributed by atoms with van der Waals surface area (Å²) in [6.07, 6.45) is 9.42. The van der Waals surface area contributed by atoms with Gasteiger partial charge in [-0.25, -0.2) is 0 Å². The fourth-order valence-corrected chi connectivity index (χ4v) is 1.79. The van der Waals surface area contributed by atoms with E-state index in [1.807, 2.05) is 0 Å². The molecule has 2 heteroatoms. The molecule has 2 atom stereocenters. The minimum absolute atomic E-state index is 0.344.